The smallest absolute Gasteiger partial charge is 0.182 e. The quantitative estimate of drug-likeness (QED) is 0.127. The van der Waals surface area contributed by atoms with E-state index in [1.54, 1.807) is 12.3 Å². The molecule has 0 amide bonds. The Morgan fingerprint density at radius 2 is 1.91 bits per heavy atom. The molecule has 0 spiro atoms. The van der Waals surface area contributed by atoms with E-state index in [-0.39, 0.29) is 12.1 Å². The van der Waals surface area contributed by atoms with Crippen LogP contribution in [0, 0.1) is 0 Å². The van der Waals surface area contributed by atoms with Crippen LogP contribution in [0.25, 0.3) is 11.3 Å². The lowest BCUT2D eigenvalue weighted by molar-refractivity contribution is 0.114. The van der Waals surface area contributed by atoms with E-state index in [1.165, 1.54) is 11.9 Å². The number of nitrogens with two attached hydrogens (primary N) is 1. The first kappa shape index (κ1) is 30.8. The minimum Gasteiger partial charge on any atom is -0.383 e. The Balaban J connectivity index is 1.51. The van der Waals surface area contributed by atoms with Crippen molar-refractivity contribution in [2.75, 3.05) is 43.0 Å². The maximum absolute atomic E-state index is 14.2. The first-order valence-corrected chi connectivity index (χ1v) is 15.1. The number of hydrogen-bond acceptors (Lipinski definition) is 8. The van der Waals surface area contributed by atoms with Gasteiger partial charge in [-0.15, -0.1) is 0 Å². The van der Waals surface area contributed by atoms with Crippen LogP contribution in [-0.2, 0) is 0 Å². The van der Waals surface area contributed by atoms with Crippen molar-refractivity contribution in [1.82, 2.24) is 25.6 Å². The number of piperidine rings is 1. The van der Waals surface area contributed by atoms with Crippen molar-refractivity contribution in [1.29, 1.82) is 0 Å². The molecule has 1 saturated heterocycles. The first-order valence-electron chi connectivity index (χ1n) is 15.1. The van der Waals surface area contributed by atoms with Gasteiger partial charge in [-0.25, -0.2) is 14.8 Å². The lowest BCUT2D eigenvalue weighted by atomic mass is 9.92. The predicted octanol–water partition coefficient (Wildman–Crippen LogP) is 6.11. The van der Waals surface area contributed by atoms with Crippen molar-refractivity contribution in [2.45, 2.75) is 38.1 Å². The number of allylic oxidation sites excluding steroid dienone is 1. The Bertz CT molecular complexity index is 1520. The summed E-state index contributed by atoms with van der Waals surface area (Å²) in [5.41, 5.74) is 18.1. The Hall–Kier alpha value is -4.60. The molecule has 230 valence electrons. The molecule has 44 heavy (non-hydrogen) atoms. The van der Waals surface area contributed by atoms with E-state index >= 15 is 0 Å². The van der Waals surface area contributed by atoms with Crippen LogP contribution in [0.3, 0.4) is 0 Å². The summed E-state index contributed by atoms with van der Waals surface area (Å²) in [4.78, 5) is 6.90. The van der Waals surface area contributed by atoms with Gasteiger partial charge in [0.15, 0.2) is 6.30 Å². The normalized spacial score (nSPS) is 17.9. The Labute approximate surface area is 260 Å². The number of likely N-dealkylation sites (tertiary alicyclic amines) is 1. The molecule has 6 N–H and O–H groups in total. The predicted molar refractivity (Wildman–Crippen MR) is 181 cm³/mol. The molecule has 9 heteroatoms. The molecular formula is C35H43FN8. The second-order valence-corrected chi connectivity index (χ2v) is 11.3. The van der Waals surface area contributed by atoms with Gasteiger partial charge in [-0.1, -0.05) is 62.2 Å². The highest BCUT2D eigenvalue weighted by Gasteiger charge is 2.29. The number of nitrogens with one attached hydrogen (secondary N) is 4. The van der Waals surface area contributed by atoms with E-state index in [9.17, 15) is 4.39 Å². The second-order valence-electron chi connectivity index (χ2n) is 11.3. The maximum Gasteiger partial charge on any atom is 0.182 e. The number of benzene rings is 2. The molecule has 3 aromatic rings. The number of nitrogen functional groups attached to an aromatic ring is 1. The van der Waals surface area contributed by atoms with Crippen LogP contribution in [0.2, 0.25) is 0 Å². The molecule has 3 atom stereocenters. The zero-order chi connectivity index (χ0) is 31.2. The van der Waals surface area contributed by atoms with Crippen LogP contribution in [-0.4, -0.2) is 53.9 Å². The van der Waals surface area contributed by atoms with Crippen molar-refractivity contribution in [3.8, 4) is 0 Å². The Kier molecular flexibility index (Phi) is 9.67. The molecule has 5 rings (SSSR count). The van der Waals surface area contributed by atoms with Gasteiger partial charge in [0, 0.05) is 66.3 Å². The third kappa shape index (κ3) is 6.79. The first-order chi connectivity index (χ1) is 21.3. The fraction of sp³-hybridized carbons (Fsp3) is 0.286. The summed E-state index contributed by atoms with van der Waals surface area (Å²) in [6, 6.07) is 18.1. The number of hydrogen-bond donors (Lipinski definition) is 5. The molecule has 1 fully saturated rings. The minimum absolute atomic E-state index is 0.137. The molecule has 2 aliphatic rings. The van der Waals surface area contributed by atoms with Crippen LogP contribution >= 0.6 is 0 Å². The van der Waals surface area contributed by atoms with Gasteiger partial charge in [-0.3, -0.25) is 5.01 Å². The number of anilines is 3. The van der Waals surface area contributed by atoms with E-state index < -0.39 is 6.30 Å². The highest BCUT2D eigenvalue weighted by molar-refractivity contribution is 5.83. The topological polar surface area (TPSA) is 93.5 Å². The van der Waals surface area contributed by atoms with E-state index in [0.717, 1.165) is 76.5 Å². The van der Waals surface area contributed by atoms with Gasteiger partial charge >= 0.3 is 0 Å². The van der Waals surface area contributed by atoms with Crippen LogP contribution in [0.4, 0.5) is 21.6 Å². The van der Waals surface area contributed by atoms with Gasteiger partial charge in [0.2, 0.25) is 0 Å². The molecule has 3 unspecified atom stereocenters. The summed E-state index contributed by atoms with van der Waals surface area (Å²) >= 11 is 0. The van der Waals surface area contributed by atoms with Crippen molar-refractivity contribution < 1.29 is 4.39 Å². The summed E-state index contributed by atoms with van der Waals surface area (Å²) in [7, 11) is 1.92. The Morgan fingerprint density at radius 1 is 1.16 bits per heavy atom. The molecule has 3 heterocycles. The standard InChI is InChI=1S/C35H43FN8/c1-6-23(2)43-18-10-13-30(22-43)42-34-31(28-19-40-44(21-28)25(4)36)20-39-35(37)32(34)33(38-5)27-16-14-26(15-17-27)24(3)41-29-11-8-7-9-12-29/h6-9,11-12,14-17,20-21,25,30,33,38,40-41H,1-3,10,13,18-19,22H2,4-5H3,(H3,37,39,42). The molecule has 8 nitrogen and oxygen atoms in total. The summed E-state index contributed by atoms with van der Waals surface area (Å²) in [6.45, 7) is 16.0. The fourth-order valence-electron chi connectivity index (χ4n) is 5.87. The van der Waals surface area contributed by atoms with E-state index in [2.05, 4.69) is 75.3 Å². The average molecular weight is 595 g/mol. The SMILES string of the molecule is C=CC(=C)N1CCCC(Nc2c(C3=CN(C(C)F)NC3)cnc(N)c2C(NC)c2ccc(C(=C)Nc3ccccc3)cc2)C1. The molecular weight excluding hydrogens is 551 g/mol. The van der Waals surface area contributed by atoms with Crippen molar-refractivity contribution >= 4 is 28.5 Å². The zero-order valence-electron chi connectivity index (χ0n) is 25.6. The van der Waals surface area contributed by atoms with Gasteiger partial charge in [0.1, 0.15) is 5.82 Å². The largest absolute Gasteiger partial charge is 0.383 e. The van der Waals surface area contributed by atoms with E-state index in [0.29, 0.717) is 12.4 Å². The number of nitrogens with zero attached hydrogens (tertiary/aromatic N) is 3. The minimum atomic E-state index is -1.17. The fourth-order valence-corrected chi connectivity index (χ4v) is 5.87. The monoisotopic (exact) mass is 594 g/mol. The summed E-state index contributed by atoms with van der Waals surface area (Å²) in [6.07, 6.45) is 6.24. The molecule has 2 aliphatic heterocycles. The number of para-hydroxylation sites is 1. The molecule has 1 aromatic heterocycles. The number of hydrazine groups is 1. The number of aromatic nitrogens is 1. The summed E-state index contributed by atoms with van der Waals surface area (Å²) in [5, 5.41) is 12.2. The van der Waals surface area contributed by atoms with Gasteiger partial charge in [0.25, 0.3) is 0 Å². The van der Waals surface area contributed by atoms with Crippen LogP contribution in [0.15, 0.2) is 98.5 Å². The third-order valence-corrected chi connectivity index (χ3v) is 8.27. The molecule has 2 aromatic carbocycles. The Morgan fingerprint density at radius 3 is 2.57 bits per heavy atom. The summed E-state index contributed by atoms with van der Waals surface area (Å²) < 4.78 is 14.2. The van der Waals surface area contributed by atoms with Crippen LogP contribution in [0.1, 0.15) is 48.1 Å². The second kappa shape index (κ2) is 13.8. The van der Waals surface area contributed by atoms with Crippen LogP contribution < -0.4 is 27.1 Å². The van der Waals surface area contributed by atoms with Gasteiger partial charge in [-0.2, -0.15) is 0 Å². The average Bonchev–Trinajstić information content (AvgIpc) is 3.54. The highest BCUT2D eigenvalue weighted by Crippen LogP contribution is 2.39. The number of alkyl halides is 1. The van der Waals surface area contributed by atoms with E-state index in [4.69, 9.17) is 5.73 Å². The van der Waals surface area contributed by atoms with Gasteiger partial charge in [0.05, 0.1) is 11.7 Å². The molecule has 0 aliphatic carbocycles. The molecule has 0 radical (unpaired) electrons. The number of rotatable bonds is 12. The van der Waals surface area contributed by atoms with Crippen molar-refractivity contribution in [3.05, 3.63) is 121 Å². The van der Waals surface area contributed by atoms with Gasteiger partial charge in [-0.05, 0) is 61.7 Å². The number of pyridine rings is 1. The van der Waals surface area contributed by atoms with Gasteiger partial charge < -0.3 is 26.6 Å². The maximum atomic E-state index is 14.2. The number of halogens is 1. The van der Waals surface area contributed by atoms with Crippen LogP contribution in [0.5, 0.6) is 0 Å². The highest BCUT2D eigenvalue weighted by atomic mass is 19.1. The third-order valence-electron chi connectivity index (χ3n) is 8.27. The van der Waals surface area contributed by atoms with E-state index in [1.807, 2.05) is 43.6 Å². The lowest BCUT2D eigenvalue weighted by Gasteiger charge is -2.36. The molecule has 0 bridgehead atoms. The zero-order valence-corrected chi connectivity index (χ0v) is 25.6. The molecule has 0 saturated carbocycles. The van der Waals surface area contributed by atoms with Crippen molar-refractivity contribution in [3.63, 3.8) is 0 Å². The lowest BCUT2D eigenvalue weighted by Crippen LogP contribution is -2.41. The van der Waals surface area contributed by atoms with Crippen molar-refractivity contribution in [2.24, 2.45) is 0 Å². The summed E-state index contributed by atoms with van der Waals surface area (Å²) in [5.74, 6) is 0.431.